The Kier molecular flexibility index (Phi) is 5.09. The summed E-state index contributed by atoms with van der Waals surface area (Å²) in [5.41, 5.74) is 0. The minimum Gasteiger partial charge on any atom is -0.383 e. The second-order valence-corrected chi connectivity index (χ2v) is 4.59. The first-order chi connectivity index (χ1) is 9.31. The fraction of sp³-hybridized carbons (Fsp3) is 0.615. The summed E-state index contributed by atoms with van der Waals surface area (Å²) in [7, 11) is 1.63. The number of hydrogen-bond donors (Lipinski definition) is 1. The number of hydrogen-bond acceptors (Lipinski definition) is 5. The van der Waals surface area contributed by atoms with Crippen molar-refractivity contribution in [1.29, 1.82) is 0 Å². The Morgan fingerprint density at radius 2 is 2.11 bits per heavy atom. The van der Waals surface area contributed by atoms with Crippen molar-refractivity contribution in [2.24, 2.45) is 5.92 Å². The lowest BCUT2D eigenvalue weighted by atomic mass is 9.96. The van der Waals surface area contributed by atoms with Crippen LogP contribution < -0.4 is 10.2 Å². The minimum atomic E-state index is 0.0943. The van der Waals surface area contributed by atoms with E-state index in [1.165, 1.54) is 0 Å². The van der Waals surface area contributed by atoms with Crippen molar-refractivity contribution in [3.05, 3.63) is 18.5 Å². The first-order valence-electron chi connectivity index (χ1n) is 6.60. The molecule has 2 rings (SSSR count). The highest BCUT2D eigenvalue weighted by molar-refractivity contribution is 5.78. The topological polar surface area (TPSA) is 67.3 Å². The standard InChI is InChI=1S/C13H20N4O2/c1-19-10-7-14-12(18)11-3-8-17(9-4-11)13-15-5-2-6-16-13/h2,5-6,11H,3-4,7-10H2,1H3,(H,14,18). The highest BCUT2D eigenvalue weighted by Crippen LogP contribution is 2.20. The van der Waals surface area contributed by atoms with Gasteiger partial charge < -0.3 is 15.0 Å². The van der Waals surface area contributed by atoms with Crippen LogP contribution in [0.2, 0.25) is 0 Å². The molecule has 1 fully saturated rings. The number of amides is 1. The van der Waals surface area contributed by atoms with E-state index in [1.807, 2.05) is 0 Å². The van der Waals surface area contributed by atoms with E-state index in [0.29, 0.717) is 13.2 Å². The van der Waals surface area contributed by atoms with E-state index in [1.54, 1.807) is 25.6 Å². The van der Waals surface area contributed by atoms with Crippen LogP contribution in [0.1, 0.15) is 12.8 Å². The number of rotatable bonds is 5. The third-order valence-electron chi connectivity index (χ3n) is 3.31. The zero-order valence-corrected chi connectivity index (χ0v) is 11.2. The smallest absolute Gasteiger partial charge is 0.225 e. The van der Waals surface area contributed by atoms with Crippen LogP contribution in [0.3, 0.4) is 0 Å². The van der Waals surface area contributed by atoms with E-state index in [9.17, 15) is 4.79 Å². The summed E-state index contributed by atoms with van der Waals surface area (Å²) in [5, 5.41) is 2.89. The molecule has 0 radical (unpaired) electrons. The molecule has 0 aliphatic carbocycles. The maximum atomic E-state index is 11.9. The maximum Gasteiger partial charge on any atom is 0.225 e. The van der Waals surface area contributed by atoms with Gasteiger partial charge in [0.2, 0.25) is 11.9 Å². The van der Waals surface area contributed by atoms with Crippen LogP contribution in [0, 0.1) is 5.92 Å². The van der Waals surface area contributed by atoms with Gasteiger partial charge in [-0.2, -0.15) is 0 Å². The van der Waals surface area contributed by atoms with Gasteiger partial charge in [0.15, 0.2) is 0 Å². The number of ether oxygens (including phenoxy) is 1. The third kappa shape index (κ3) is 3.89. The number of carbonyl (C=O) groups is 1. The molecule has 104 valence electrons. The number of anilines is 1. The minimum absolute atomic E-state index is 0.0943. The molecule has 0 unspecified atom stereocenters. The molecule has 0 spiro atoms. The van der Waals surface area contributed by atoms with Crippen molar-refractivity contribution in [2.75, 3.05) is 38.3 Å². The van der Waals surface area contributed by atoms with Crippen LogP contribution in [-0.4, -0.2) is 49.2 Å². The molecule has 0 saturated carbocycles. The Morgan fingerprint density at radius 3 is 2.74 bits per heavy atom. The van der Waals surface area contributed by atoms with E-state index < -0.39 is 0 Å². The summed E-state index contributed by atoms with van der Waals surface area (Å²) in [4.78, 5) is 22.5. The average molecular weight is 264 g/mol. The summed E-state index contributed by atoms with van der Waals surface area (Å²) in [6.07, 6.45) is 5.17. The lowest BCUT2D eigenvalue weighted by Crippen LogP contribution is -2.41. The van der Waals surface area contributed by atoms with Crippen LogP contribution in [0.4, 0.5) is 5.95 Å². The van der Waals surface area contributed by atoms with Gasteiger partial charge in [0.05, 0.1) is 6.61 Å². The fourth-order valence-electron chi connectivity index (χ4n) is 2.22. The van der Waals surface area contributed by atoms with Gasteiger partial charge in [-0.3, -0.25) is 4.79 Å². The number of nitrogens with zero attached hydrogens (tertiary/aromatic N) is 3. The number of piperidine rings is 1. The van der Waals surface area contributed by atoms with E-state index in [4.69, 9.17) is 4.74 Å². The SMILES string of the molecule is COCCNC(=O)C1CCN(c2ncccn2)CC1. The quantitative estimate of drug-likeness (QED) is 0.782. The van der Waals surface area contributed by atoms with Gasteiger partial charge in [-0.05, 0) is 18.9 Å². The Balaban J connectivity index is 1.77. The van der Waals surface area contributed by atoms with Crippen molar-refractivity contribution >= 4 is 11.9 Å². The number of carbonyl (C=O) groups excluding carboxylic acids is 1. The summed E-state index contributed by atoms with van der Waals surface area (Å²) in [5.74, 6) is 0.975. The molecule has 6 nitrogen and oxygen atoms in total. The van der Waals surface area contributed by atoms with Crippen molar-refractivity contribution in [3.63, 3.8) is 0 Å². The van der Waals surface area contributed by atoms with Crippen LogP contribution in [0.15, 0.2) is 18.5 Å². The zero-order valence-electron chi connectivity index (χ0n) is 11.2. The third-order valence-corrected chi connectivity index (χ3v) is 3.31. The summed E-state index contributed by atoms with van der Waals surface area (Å²) >= 11 is 0. The summed E-state index contributed by atoms with van der Waals surface area (Å²) in [6, 6.07) is 1.81. The molecule has 1 aromatic rings. The molecule has 0 aromatic carbocycles. The van der Waals surface area contributed by atoms with Gasteiger partial charge in [0, 0.05) is 45.1 Å². The monoisotopic (exact) mass is 264 g/mol. The van der Waals surface area contributed by atoms with E-state index in [-0.39, 0.29) is 11.8 Å². The molecular weight excluding hydrogens is 244 g/mol. The van der Waals surface area contributed by atoms with Crippen molar-refractivity contribution < 1.29 is 9.53 Å². The van der Waals surface area contributed by atoms with Crippen LogP contribution in [0.25, 0.3) is 0 Å². The van der Waals surface area contributed by atoms with E-state index in [0.717, 1.165) is 31.9 Å². The predicted molar refractivity (Wildman–Crippen MR) is 71.9 cm³/mol. The molecule has 1 aliphatic heterocycles. The van der Waals surface area contributed by atoms with Gasteiger partial charge in [-0.1, -0.05) is 0 Å². The molecular formula is C13H20N4O2. The number of aromatic nitrogens is 2. The van der Waals surface area contributed by atoms with Gasteiger partial charge in [0.1, 0.15) is 0 Å². The van der Waals surface area contributed by atoms with Crippen molar-refractivity contribution in [1.82, 2.24) is 15.3 Å². The summed E-state index contributed by atoms with van der Waals surface area (Å²) < 4.78 is 4.91. The lowest BCUT2D eigenvalue weighted by molar-refractivity contribution is -0.125. The summed E-state index contributed by atoms with van der Waals surface area (Å²) in [6.45, 7) is 2.79. The fourth-order valence-corrected chi connectivity index (χ4v) is 2.22. The Morgan fingerprint density at radius 1 is 1.42 bits per heavy atom. The van der Waals surface area contributed by atoms with Gasteiger partial charge in [-0.25, -0.2) is 9.97 Å². The lowest BCUT2D eigenvalue weighted by Gasteiger charge is -2.31. The Bertz CT molecular complexity index is 391. The molecule has 19 heavy (non-hydrogen) atoms. The van der Waals surface area contributed by atoms with E-state index in [2.05, 4.69) is 20.2 Å². The zero-order chi connectivity index (χ0) is 13.5. The molecule has 0 atom stereocenters. The number of nitrogens with one attached hydrogen (secondary N) is 1. The molecule has 6 heteroatoms. The first kappa shape index (κ1) is 13.7. The van der Waals surface area contributed by atoms with Gasteiger partial charge in [-0.15, -0.1) is 0 Å². The highest BCUT2D eigenvalue weighted by atomic mass is 16.5. The van der Waals surface area contributed by atoms with Gasteiger partial charge in [0.25, 0.3) is 0 Å². The van der Waals surface area contributed by atoms with Crippen LogP contribution in [-0.2, 0) is 9.53 Å². The molecule has 1 saturated heterocycles. The largest absolute Gasteiger partial charge is 0.383 e. The van der Waals surface area contributed by atoms with Crippen molar-refractivity contribution in [3.8, 4) is 0 Å². The molecule has 1 N–H and O–H groups in total. The first-order valence-corrected chi connectivity index (χ1v) is 6.60. The Labute approximate surface area is 113 Å². The Hall–Kier alpha value is -1.69. The predicted octanol–water partition coefficient (Wildman–Crippen LogP) is 0.456. The number of methoxy groups -OCH3 is 1. The van der Waals surface area contributed by atoms with E-state index >= 15 is 0 Å². The maximum absolute atomic E-state index is 11.9. The molecule has 1 amide bonds. The van der Waals surface area contributed by atoms with Crippen LogP contribution in [0.5, 0.6) is 0 Å². The molecule has 1 aliphatic rings. The van der Waals surface area contributed by atoms with Gasteiger partial charge >= 0.3 is 0 Å². The average Bonchev–Trinajstić information content (AvgIpc) is 2.48. The molecule has 0 bridgehead atoms. The normalized spacial score (nSPS) is 16.4. The van der Waals surface area contributed by atoms with Crippen LogP contribution >= 0.6 is 0 Å². The molecule has 1 aromatic heterocycles. The highest BCUT2D eigenvalue weighted by Gasteiger charge is 2.25. The second-order valence-electron chi connectivity index (χ2n) is 4.59. The molecule has 2 heterocycles. The second kappa shape index (κ2) is 7.04. The van der Waals surface area contributed by atoms with Crippen molar-refractivity contribution in [2.45, 2.75) is 12.8 Å².